The van der Waals surface area contributed by atoms with Gasteiger partial charge < -0.3 is 153 Å². The molecule has 8 rings (SSSR count). The lowest BCUT2D eigenvalue weighted by Crippen LogP contribution is -2.69. The number of aliphatic hydroxyl groups is 15. The van der Waals surface area contributed by atoms with Crippen molar-refractivity contribution in [1.82, 2.24) is 47.0 Å². The summed E-state index contributed by atoms with van der Waals surface area (Å²) in [4.78, 5) is 95.3. The van der Waals surface area contributed by atoms with Crippen LogP contribution in [0.2, 0.25) is 0 Å². The number of benzene rings is 2. The molecule has 0 radical (unpaired) electrons. The number of aliphatic imine (C=N–C) groups is 1. The lowest BCUT2D eigenvalue weighted by atomic mass is 9.92. The number of nitrogens with zero attached hydrogens (tertiary/aromatic N) is 3. The zero-order chi connectivity index (χ0) is 75.6. The monoisotopic (exact) mass is 1480 g/mol. The first kappa shape index (κ1) is 82.5. The van der Waals surface area contributed by atoms with Crippen LogP contribution in [0, 0.1) is 5.41 Å². The summed E-state index contributed by atoms with van der Waals surface area (Å²) in [5.74, 6) is -8.95. The number of nitrogens with one attached hydrogen (secondary N) is 8. The molecule has 2 aromatic carbocycles. The highest BCUT2D eigenvalue weighted by Gasteiger charge is 2.55. The molecule has 6 aliphatic heterocycles. The maximum Gasteiger partial charge on any atom is 0.246 e. The Bertz CT molecular complexity index is 3150. The molecule has 38 nitrogen and oxygen atoms in total. The van der Waals surface area contributed by atoms with Crippen molar-refractivity contribution in [2.45, 2.75) is 230 Å². The number of rotatable bonds is 29. The summed E-state index contributed by atoms with van der Waals surface area (Å²) in [6, 6.07) is 0.773. The molecule has 0 aliphatic carbocycles. The van der Waals surface area contributed by atoms with Gasteiger partial charge in [-0.15, -0.1) is 0 Å². The SMILES string of the molecule is CC(c1ccccc1)C1NC(=O)CNC(=O)C(CO)NC(=O)C(C(O)C2CN(CCCCCCCCCCCCO)C(=N)N2C2OC(CO)C(O)C(O)C2O)NC(=O)C(C(O)C2CN=C(N)N2)NC(=O)C(Cc2ccc(OC3OC(CO)C(OC4OC(CO)C(O)C(O)C4O)C(O)C3O)cc2)NC1=O. The van der Waals surface area contributed by atoms with Gasteiger partial charge in [0.05, 0.1) is 51.6 Å². The molecular weight excluding hydrogens is 1380 g/mol. The van der Waals surface area contributed by atoms with Crippen LogP contribution in [0.1, 0.15) is 88.2 Å². The van der Waals surface area contributed by atoms with Crippen LogP contribution >= 0.6 is 0 Å². The van der Waals surface area contributed by atoms with Gasteiger partial charge in [-0.25, -0.2) is 0 Å². The summed E-state index contributed by atoms with van der Waals surface area (Å²) in [5, 5.41) is 189. The van der Waals surface area contributed by atoms with E-state index < -0.39 is 233 Å². The maximum absolute atomic E-state index is 15.4. The highest BCUT2D eigenvalue weighted by Crippen LogP contribution is 2.34. The third-order valence-electron chi connectivity index (χ3n) is 19.6. The quantitative estimate of drug-likeness (QED) is 0.0336. The minimum atomic E-state index is -2.37. The molecule has 0 spiro atoms. The highest BCUT2D eigenvalue weighted by molar-refractivity contribution is 5.98. The van der Waals surface area contributed by atoms with E-state index in [1.165, 1.54) is 29.2 Å². The first-order chi connectivity index (χ1) is 49.7. The fraction of sp³-hybridized carbons (Fsp3) is 0.697. The molecule has 38 heteroatoms. The molecule has 582 valence electrons. The van der Waals surface area contributed by atoms with E-state index in [1.54, 1.807) is 37.3 Å². The Balaban J connectivity index is 1.11. The van der Waals surface area contributed by atoms with Crippen molar-refractivity contribution < 1.29 is 129 Å². The Morgan fingerprint density at radius 3 is 1.72 bits per heavy atom. The molecule has 0 saturated carbocycles. The van der Waals surface area contributed by atoms with Crippen LogP contribution in [-0.2, 0) is 54.1 Å². The van der Waals surface area contributed by atoms with E-state index in [0.717, 1.165) is 56.3 Å². The standard InChI is InChI=1S/C66H102N12O26/c1-31(33-15-11-10-12-16-33)43-59(97)71-35(23-32-17-19-34(20-18-32)100-63-55(94)52(91)56(41(30-83)103-63)104-64-54(93)51(90)49(88)40(29-82)102-64)58(96)75-44(46(85)36-24-70-65(67)73-36)61(99)76-45(60(98)72-37(27-80)57(95)69-25-42(84)74-43)47(86)38-26-77(21-13-8-6-4-2-3-5-7-9-14-22-79)66(68)78(38)62-53(92)50(89)48(87)39(28-81)101-62/h10-12,15-20,31,35-41,43-56,62-64,68,79-83,85-94H,2-9,13-14,21-30H2,1H3,(H,69,95)(H,71,97)(H,72,98)(H,74,84)(H,75,96)(H,76,99)(H3,67,70,73). The van der Waals surface area contributed by atoms with E-state index in [9.17, 15) is 91.3 Å². The van der Waals surface area contributed by atoms with Gasteiger partial charge in [-0.2, -0.15) is 0 Å². The van der Waals surface area contributed by atoms with Gasteiger partial charge in [0, 0.05) is 32.0 Å². The summed E-state index contributed by atoms with van der Waals surface area (Å²) >= 11 is 0. The maximum atomic E-state index is 15.4. The van der Waals surface area contributed by atoms with Gasteiger partial charge in [-0.1, -0.05) is 101 Å². The fourth-order valence-electron chi connectivity index (χ4n) is 13.4. The molecule has 6 aliphatic rings. The summed E-state index contributed by atoms with van der Waals surface area (Å²) in [6.07, 6.45) is -23.5. The zero-order valence-electron chi connectivity index (χ0n) is 57.4. The number of carbonyl (C=O) groups excluding carboxylic acids is 6. The van der Waals surface area contributed by atoms with Gasteiger partial charge in [-0.05, 0) is 36.1 Å². The van der Waals surface area contributed by atoms with E-state index in [1.807, 2.05) is 0 Å². The Morgan fingerprint density at radius 1 is 0.567 bits per heavy atom. The Kier molecular flexibility index (Phi) is 30.9. The van der Waals surface area contributed by atoms with Crippen LogP contribution in [0.3, 0.4) is 0 Å². The number of amides is 6. The second-order valence-corrected chi connectivity index (χ2v) is 26.9. The minimum absolute atomic E-state index is 0.0751. The third kappa shape index (κ3) is 20.5. The smallest absolute Gasteiger partial charge is 0.246 e. The van der Waals surface area contributed by atoms with Crippen LogP contribution in [0.25, 0.3) is 0 Å². The van der Waals surface area contributed by atoms with Crippen LogP contribution < -0.4 is 47.7 Å². The van der Waals surface area contributed by atoms with E-state index in [4.69, 9.17) is 34.5 Å². The third-order valence-corrected chi connectivity index (χ3v) is 19.6. The Labute approximate surface area is 598 Å². The van der Waals surface area contributed by atoms with Crippen LogP contribution in [-0.4, -0.2) is 340 Å². The van der Waals surface area contributed by atoms with Gasteiger partial charge in [-0.3, -0.25) is 39.2 Å². The number of hydrogen-bond donors (Lipinski definition) is 24. The van der Waals surface area contributed by atoms with Crippen molar-refractivity contribution in [1.29, 1.82) is 5.41 Å². The number of unbranched alkanes of at least 4 members (excludes halogenated alkanes) is 9. The van der Waals surface area contributed by atoms with Crippen molar-refractivity contribution in [3.63, 3.8) is 0 Å². The summed E-state index contributed by atoms with van der Waals surface area (Å²) in [7, 11) is 0. The molecule has 2 aromatic rings. The number of guanidine groups is 2. The lowest BCUT2D eigenvalue weighted by Gasteiger charge is -2.46. The first-order valence-electron chi connectivity index (χ1n) is 35.0. The zero-order valence-corrected chi connectivity index (χ0v) is 57.4. The van der Waals surface area contributed by atoms with Crippen LogP contribution in [0.15, 0.2) is 59.6 Å². The summed E-state index contributed by atoms with van der Waals surface area (Å²) in [6.45, 7) is -3.57. The van der Waals surface area contributed by atoms with Gasteiger partial charge >= 0.3 is 0 Å². The predicted octanol–water partition coefficient (Wildman–Crippen LogP) is -9.80. The van der Waals surface area contributed by atoms with Crippen molar-refractivity contribution in [2.75, 3.05) is 59.2 Å². The predicted molar refractivity (Wildman–Crippen MR) is 359 cm³/mol. The van der Waals surface area contributed by atoms with E-state index in [0.29, 0.717) is 18.4 Å². The summed E-state index contributed by atoms with van der Waals surface area (Å²) in [5.41, 5.74) is 6.69. The highest BCUT2D eigenvalue weighted by atomic mass is 16.7. The van der Waals surface area contributed by atoms with Crippen molar-refractivity contribution in [2.24, 2.45) is 10.7 Å². The molecule has 25 N–H and O–H groups in total. The van der Waals surface area contributed by atoms with E-state index in [-0.39, 0.29) is 43.5 Å². The molecule has 0 aromatic heterocycles. The second-order valence-electron chi connectivity index (χ2n) is 26.9. The van der Waals surface area contributed by atoms with Crippen LogP contribution in [0.5, 0.6) is 5.75 Å². The summed E-state index contributed by atoms with van der Waals surface area (Å²) < 4.78 is 28.7. The normalized spacial score (nSPS) is 34.5. The fourth-order valence-corrected chi connectivity index (χ4v) is 13.4. The topological polar surface area (TPSA) is 605 Å². The van der Waals surface area contributed by atoms with Crippen molar-refractivity contribution >= 4 is 47.4 Å². The molecule has 25 atom stereocenters. The van der Waals surface area contributed by atoms with Crippen molar-refractivity contribution in [3.8, 4) is 5.75 Å². The molecule has 5 saturated heterocycles. The van der Waals surface area contributed by atoms with Gasteiger partial charge in [0.1, 0.15) is 121 Å². The number of hydrogen-bond acceptors (Lipinski definition) is 30. The lowest BCUT2D eigenvalue weighted by molar-refractivity contribution is -0.352. The molecule has 5 fully saturated rings. The second kappa shape index (κ2) is 38.9. The Morgan fingerprint density at radius 2 is 1.12 bits per heavy atom. The number of ether oxygens (including phenoxy) is 5. The number of carbonyl (C=O) groups is 6. The minimum Gasteiger partial charge on any atom is -0.462 e. The molecule has 6 amide bonds. The van der Waals surface area contributed by atoms with Gasteiger partial charge in [0.2, 0.25) is 41.7 Å². The average Bonchev–Trinajstić information content (AvgIpc) is 1.54. The first-order valence-corrected chi connectivity index (χ1v) is 35.0. The van der Waals surface area contributed by atoms with E-state index >= 15 is 14.4 Å². The van der Waals surface area contributed by atoms with Crippen molar-refractivity contribution in [3.05, 3.63) is 65.7 Å². The molecule has 6 heterocycles. The molecule has 0 bridgehead atoms. The molecule has 25 unspecified atom stereocenters. The largest absolute Gasteiger partial charge is 0.462 e. The molecule has 104 heavy (non-hydrogen) atoms. The van der Waals surface area contributed by atoms with Gasteiger partial charge in [0.15, 0.2) is 24.4 Å². The van der Waals surface area contributed by atoms with Crippen LogP contribution in [0.4, 0.5) is 0 Å². The average molecular weight is 1480 g/mol. The van der Waals surface area contributed by atoms with Gasteiger partial charge in [0.25, 0.3) is 0 Å². The van der Waals surface area contributed by atoms with E-state index in [2.05, 4.69) is 42.2 Å². The number of nitrogens with two attached hydrogens (primary N) is 1. The Hall–Kier alpha value is -7.16. The molecular formula is C66H102N12O26. The number of aliphatic hydroxyl groups excluding tert-OH is 15.